The zero-order valence-electron chi connectivity index (χ0n) is 12.0. The van der Waals surface area contributed by atoms with Gasteiger partial charge in [0.25, 0.3) is 5.91 Å². The third kappa shape index (κ3) is 2.60. The molecular formula is C17H15N3OS. The van der Waals surface area contributed by atoms with Crippen LogP contribution in [0.2, 0.25) is 0 Å². The van der Waals surface area contributed by atoms with E-state index in [1.54, 1.807) is 17.5 Å². The van der Waals surface area contributed by atoms with E-state index in [-0.39, 0.29) is 5.91 Å². The van der Waals surface area contributed by atoms with Crippen LogP contribution in [-0.2, 0) is 6.54 Å². The van der Waals surface area contributed by atoms with E-state index in [1.165, 1.54) is 4.88 Å². The zero-order chi connectivity index (χ0) is 14.9. The molecule has 0 radical (unpaired) electrons. The van der Waals surface area contributed by atoms with Gasteiger partial charge in [0, 0.05) is 10.9 Å². The Balaban J connectivity index is 1.64. The minimum absolute atomic E-state index is 0.0193. The summed E-state index contributed by atoms with van der Waals surface area (Å²) in [6.07, 6.45) is 3.75. The number of rotatable bonds is 4. The Hall–Kier alpha value is -2.27. The summed E-state index contributed by atoms with van der Waals surface area (Å²) in [5.41, 5.74) is 2.01. The molecule has 4 nitrogen and oxygen atoms in total. The lowest BCUT2D eigenvalue weighted by atomic mass is 10.2. The van der Waals surface area contributed by atoms with Gasteiger partial charge in [-0.2, -0.15) is 0 Å². The van der Waals surface area contributed by atoms with Gasteiger partial charge in [-0.25, -0.2) is 4.98 Å². The van der Waals surface area contributed by atoms with E-state index >= 15 is 0 Å². The number of benzene rings is 1. The zero-order valence-corrected chi connectivity index (χ0v) is 12.8. The number of para-hydroxylation sites is 2. The highest BCUT2D eigenvalue weighted by Crippen LogP contribution is 2.30. The minimum Gasteiger partial charge on any atom is -0.329 e. The van der Waals surface area contributed by atoms with E-state index in [4.69, 9.17) is 0 Å². The molecule has 1 saturated carbocycles. The van der Waals surface area contributed by atoms with Crippen LogP contribution < -0.4 is 0 Å². The number of hydrogen-bond acceptors (Lipinski definition) is 4. The largest absolute Gasteiger partial charge is 0.329 e. The molecule has 3 aromatic rings. The average molecular weight is 309 g/mol. The molecule has 1 aliphatic carbocycles. The van der Waals surface area contributed by atoms with Crippen LogP contribution in [0.3, 0.4) is 0 Å². The summed E-state index contributed by atoms with van der Waals surface area (Å²) >= 11 is 1.68. The number of thiophene rings is 1. The van der Waals surface area contributed by atoms with Crippen LogP contribution >= 0.6 is 11.3 Å². The molecule has 5 heteroatoms. The van der Waals surface area contributed by atoms with Crippen LogP contribution in [0, 0.1) is 0 Å². The molecular weight excluding hydrogens is 294 g/mol. The highest BCUT2D eigenvalue weighted by molar-refractivity contribution is 7.09. The minimum atomic E-state index is -0.0193. The van der Waals surface area contributed by atoms with Gasteiger partial charge < -0.3 is 4.90 Å². The highest BCUT2D eigenvalue weighted by atomic mass is 32.1. The Morgan fingerprint density at radius 3 is 2.73 bits per heavy atom. The van der Waals surface area contributed by atoms with Gasteiger partial charge in [-0.15, -0.1) is 11.3 Å². The van der Waals surface area contributed by atoms with E-state index in [2.05, 4.69) is 16.0 Å². The van der Waals surface area contributed by atoms with Crippen LogP contribution in [0.5, 0.6) is 0 Å². The smallest absolute Gasteiger partial charge is 0.274 e. The SMILES string of the molecule is O=C(c1cnc2ccccc2n1)N(Cc1cccs1)C1CC1. The fourth-order valence-corrected chi connectivity index (χ4v) is 3.23. The number of carbonyl (C=O) groups is 1. The predicted octanol–water partition coefficient (Wildman–Crippen LogP) is 3.50. The second-order valence-electron chi connectivity index (χ2n) is 5.49. The number of fused-ring (bicyclic) bond motifs is 1. The van der Waals surface area contributed by atoms with Crippen LogP contribution in [0.1, 0.15) is 28.2 Å². The van der Waals surface area contributed by atoms with Crippen molar-refractivity contribution in [2.75, 3.05) is 0 Å². The first-order chi connectivity index (χ1) is 10.8. The van der Waals surface area contributed by atoms with Gasteiger partial charge in [0.15, 0.2) is 0 Å². The molecule has 4 rings (SSSR count). The maximum Gasteiger partial charge on any atom is 0.274 e. The Kier molecular flexibility index (Phi) is 3.35. The maximum atomic E-state index is 12.8. The molecule has 0 unspecified atom stereocenters. The molecule has 2 heterocycles. The first-order valence-electron chi connectivity index (χ1n) is 7.36. The Bertz CT molecular complexity index is 812. The lowest BCUT2D eigenvalue weighted by Crippen LogP contribution is -2.33. The lowest BCUT2D eigenvalue weighted by Gasteiger charge is -2.21. The fourth-order valence-electron chi connectivity index (χ4n) is 2.53. The van der Waals surface area contributed by atoms with Gasteiger partial charge in [-0.05, 0) is 36.4 Å². The van der Waals surface area contributed by atoms with Crippen molar-refractivity contribution in [1.29, 1.82) is 0 Å². The number of carbonyl (C=O) groups excluding carboxylic acids is 1. The topological polar surface area (TPSA) is 46.1 Å². The first kappa shape index (κ1) is 13.4. The first-order valence-corrected chi connectivity index (χ1v) is 8.24. The van der Waals surface area contributed by atoms with E-state index in [1.807, 2.05) is 40.6 Å². The summed E-state index contributed by atoms with van der Waals surface area (Å²) in [6.45, 7) is 0.662. The van der Waals surface area contributed by atoms with E-state index in [0.717, 1.165) is 23.9 Å². The van der Waals surface area contributed by atoms with Gasteiger partial charge in [0.1, 0.15) is 5.69 Å². The standard InChI is InChI=1S/C17H15N3OS/c21-17(16-10-18-14-5-1-2-6-15(14)19-16)20(12-7-8-12)11-13-4-3-9-22-13/h1-6,9-10,12H,7-8,11H2. The number of aromatic nitrogens is 2. The third-order valence-corrected chi connectivity index (χ3v) is 4.68. The van der Waals surface area contributed by atoms with Crippen LogP contribution in [0.15, 0.2) is 48.0 Å². The van der Waals surface area contributed by atoms with Crippen molar-refractivity contribution in [1.82, 2.24) is 14.9 Å². The second-order valence-corrected chi connectivity index (χ2v) is 6.52. The molecule has 0 atom stereocenters. The molecule has 1 aliphatic rings. The molecule has 1 aromatic carbocycles. The quantitative estimate of drug-likeness (QED) is 0.741. The molecule has 0 N–H and O–H groups in total. The van der Waals surface area contributed by atoms with Crippen molar-refractivity contribution < 1.29 is 4.79 Å². The monoisotopic (exact) mass is 309 g/mol. The Labute approximate surface area is 132 Å². The van der Waals surface area contributed by atoms with Gasteiger partial charge in [0.2, 0.25) is 0 Å². The lowest BCUT2D eigenvalue weighted by molar-refractivity contribution is 0.0725. The maximum absolute atomic E-state index is 12.8. The van der Waals surface area contributed by atoms with Crippen molar-refractivity contribution in [3.8, 4) is 0 Å². The number of hydrogen-bond donors (Lipinski definition) is 0. The van der Waals surface area contributed by atoms with Crippen LogP contribution in [-0.4, -0.2) is 26.8 Å². The van der Waals surface area contributed by atoms with Crippen molar-refractivity contribution in [2.24, 2.45) is 0 Å². The van der Waals surface area contributed by atoms with Crippen molar-refractivity contribution >= 4 is 28.3 Å². The van der Waals surface area contributed by atoms with E-state index < -0.39 is 0 Å². The molecule has 22 heavy (non-hydrogen) atoms. The highest BCUT2D eigenvalue weighted by Gasteiger charge is 2.34. The van der Waals surface area contributed by atoms with Crippen molar-refractivity contribution in [2.45, 2.75) is 25.4 Å². The third-order valence-electron chi connectivity index (χ3n) is 3.82. The van der Waals surface area contributed by atoms with E-state index in [9.17, 15) is 4.79 Å². The molecule has 110 valence electrons. The summed E-state index contributed by atoms with van der Waals surface area (Å²) in [5, 5.41) is 2.04. The summed E-state index contributed by atoms with van der Waals surface area (Å²) in [5.74, 6) is -0.0193. The second kappa shape index (κ2) is 5.50. The van der Waals surface area contributed by atoms with Gasteiger partial charge in [0.05, 0.1) is 23.8 Å². The molecule has 0 saturated heterocycles. The summed E-state index contributed by atoms with van der Waals surface area (Å²) in [6, 6.07) is 12.1. The molecule has 1 amide bonds. The van der Waals surface area contributed by atoms with Gasteiger partial charge >= 0.3 is 0 Å². The molecule has 1 fully saturated rings. The molecule has 0 bridgehead atoms. The van der Waals surface area contributed by atoms with Crippen LogP contribution in [0.4, 0.5) is 0 Å². The van der Waals surface area contributed by atoms with Crippen molar-refractivity contribution in [3.63, 3.8) is 0 Å². The molecule has 0 spiro atoms. The van der Waals surface area contributed by atoms with Crippen molar-refractivity contribution in [3.05, 3.63) is 58.5 Å². The number of nitrogens with zero attached hydrogens (tertiary/aromatic N) is 3. The summed E-state index contributed by atoms with van der Waals surface area (Å²) in [4.78, 5) is 24.8. The summed E-state index contributed by atoms with van der Waals surface area (Å²) < 4.78 is 0. The van der Waals surface area contributed by atoms with Crippen LogP contribution in [0.25, 0.3) is 11.0 Å². The molecule has 0 aliphatic heterocycles. The Morgan fingerprint density at radius 2 is 2.00 bits per heavy atom. The fraction of sp³-hybridized carbons (Fsp3) is 0.235. The average Bonchev–Trinajstić information content (AvgIpc) is 3.27. The summed E-state index contributed by atoms with van der Waals surface area (Å²) in [7, 11) is 0. The number of amides is 1. The predicted molar refractivity (Wildman–Crippen MR) is 86.8 cm³/mol. The normalized spacial score (nSPS) is 14.2. The van der Waals surface area contributed by atoms with Gasteiger partial charge in [-0.1, -0.05) is 18.2 Å². The molecule has 2 aromatic heterocycles. The Morgan fingerprint density at radius 1 is 1.18 bits per heavy atom. The van der Waals surface area contributed by atoms with E-state index in [0.29, 0.717) is 18.3 Å². The van der Waals surface area contributed by atoms with Gasteiger partial charge in [-0.3, -0.25) is 9.78 Å².